The van der Waals surface area contributed by atoms with Crippen molar-refractivity contribution in [3.05, 3.63) is 15.8 Å². The number of nitrogens with one attached hydrogen (secondary N) is 2. The minimum atomic E-state index is -3.40. The lowest BCUT2D eigenvalue weighted by Gasteiger charge is -2.22. The zero-order valence-electron chi connectivity index (χ0n) is 13.0. The maximum Gasteiger partial charge on any atom is 0.241 e. The van der Waals surface area contributed by atoms with Gasteiger partial charge in [0.2, 0.25) is 10.0 Å². The molecule has 1 aromatic heterocycles. The smallest absolute Gasteiger partial charge is 0.241 e. The van der Waals surface area contributed by atoms with Crippen molar-refractivity contribution in [1.82, 2.24) is 14.9 Å². The molecule has 0 saturated carbocycles. The molecular weight excluding hydrogens is 306 g/mol. The van der Waals surface area contributed by atoms with Crippen LogP contribution in [0.5, 0.6) is 0 Å². The first-order chi connectivity index (χ1) is 9.97. The largest absolute Gasteiger partial charge is 0.315 e. The van der Waals surface area contributed by atoms with Gasteiger partial charge in [0.25, 0.3) is 0 Å². The van der Waals surface area contributed by atoms with E-state index in [0.717, 1.165) is 35.7 Å². The predicted molar refractivity (Wildman–Crippen MR) is 87.3 cm³/mol. The standard InChI is InChI=1S/C14H25N3O2S2/c1-4-17-7-5-6-12(17)9-16-21(18,19)14-8-13(10-15-3)20-11(14)2/h8,12,15-16H,4-7,9-10H2,1-3H3. The Balaban J connectivity index is 2.04. The molecule has 2 rings (SSSR count). The molecule has 0 amide bonds. The van der Waals surface area contributed by atoms with Crippen LogP contribution in [0.3, 0.4) is 0 Å². The molecule has 1 aliphatic heterocycles. The molecule has 2 N–H and O–H groups in total. The lowest BCUT2D eigenvalue weighted by Crippen LogP contribution is -2.40. The second-order valence-corrected chi connectivity index (χ2v) is 8.52. The van der Waals surface area contributed by atoms with Gasteiger partial charge in [0.05, 0.1) is 4.90 Å². The van der Waals surface area contributed by atoms with E-state index in [4.69, 9.17) is 0 Å². The fourth-order valence-corrected chi connectivity index (χ4v) is 5.60. The Morgan fingerprint density at radius 1 is 1.48 bits per heavy atom. The number of nitrogens with zero attached hydrogens (tertiary/aromatic N) is 1. The van der Waals surface area contributed by atoms with E-state index in [2.05, 4.69) is 21.9 Å². The molecule has 0 spiro atoms. The quantitative estimate of drug-likeness (QED) is 0.796. The third kappa shape index (κ3) is 4.04. The molecule has 0 radical (unpaired) electrons. The van der Waals surface area contributed by atoms with Gasteiger partial charge in [-0.15, -0.1) is 11.3 Å². The number of rotatable bonds is 7. The van der Waals surface area contributed by atoms with Gasteiger partial charge < -0.3 is 5.32 Å². The van der Waals surface area contributed by atoms with E-state index in [1.165, 1.54) is 11.3 Å². The van der Waals surface area contributed by atoms with Crippen LogP contribution >= 0.6 is 11.3 Å². The molecule has 1 saturated heterocycles. The highest BCUT2D eigenvalue weighted by Gasteiger charge is 2.26. The number of likely N-dealkylation sites (N-methyl/N-ethyl adjacent to an activating group) is 1. The summed E-state index contributed by atoms with van der Waals surface area (Å²) in [7, 11) is -1.54. The van der Waals surface area contributed by atoms with Gasteiger partial charge in [0, 0.05) is 28.9 Å². The van der Waals surface area contributed by atoms with Crippen molar-refractivity contribution in [2.24, 2.45) is 0 Å². The molecule has 0 bridgehead atoms. The highest BCUT2D eigenvalue weighted by atomic mass is 32.2. The van der Waals surface area contributed by atoms with E-state index in [-0.39, 0.29) is 0 Å². The lowest BCUT2D eigenvalue weighted by atomic mass is 10.2. The normalized spacial score (nSPS) is 20.2. The van der Waals surface area contributed by atoms with Crippen molar-refractivity contribution in [2.75, 3.05) is 26.7 Å². The van der Waals surface area contributed by atoms with Gasteiger partial charge in [0.15, 0.2) is 0 Å². The number of aryl methyl sites for hydroxylation is 1. The molecule has 1 unspecified atom stereocenters. The zero-order chi connectivity index (χ0) is 15.5. The molecule has 0 aliphatic carbocycles. The Bertz CT molecular complexity index is 569. The number of sulfonamides is 1. The van der Waals surface area contributed by atoms with Crippen LogP contribution in [0.2, 0.25) is 0 Å². The van der Waals surface area contributed by atoms with Gasteiger partial charge in [-0.3, -0.25) is 4.90 Å². The van der Waals surface area contributed by atoms with Gasteiger partial charge >= 0.3 is 0 Å². The van der Waals surface area contributed by atoms with Gasteiger partial charge in [-0.05, 0) is 46.0 Å². The summed E-state index contributed by atoms with van der Waals surface area (Å²) in [6.45, 7) is 7.26. The van der Waals surface area contributed by atoms with E-state index in [9.17, 15) is 8.42 Å². The van der Waals surface area contributed by atoms with Gasteiger partial charge in [-0.1, -0.05) is 6.92 Å². The van der Waals surface area contributed by atoms with Crippen LogP contribution in [-0.2, 0) is 16.6 Å². The molecular formula is C14H25N3O2S2. The van der Waals surface area contributed by atoms with Crippen LogP contribution in [0.4, 0.5) is 0 Å². The predicted octanol–water partition coefficient (Wildman–Crippen LogP) is 1.54. The fourth-order valence-electron chi connectivity index (χ4n) is 2.88. The van der Waals surface area contributed by atoms with E-state index >= 15 is 0 Å². The molecule has 1 aliphatic rings. The number of hydrogen-bond donors (Lipinski definition) is 2. The van der Waals surface area contributed by atoms with Crippen molar-refractivity contribution in [2.45, 2.75) is 44.2 Å². The molecule has 1 fully saturated rings. The van der Waals surface area contributed by atoms with Gasteiger partial charge in [-0.25, -0.2) is 13.1 Å². The van der Waals surface area contributed by atoms with Crippen molar-refractivity contribution in [3.63, 3.8) is 0 Å². The first-order valence-corrected chi connectivity index (χ1v) is 9.75. The summed E-state index contributed by atoms with van der Waals surface area (Å²) >= 11 is 1.54. The average Bonchev–Trinajstić information content (AvgIpc) is 3.03. The van der Waals surface area contributed by atoms with Crippen LogP contribution in [0.25, 0.3) is 0 Å². The zero-order valence-corrected chi connectivity index (χ0v) is 14.6. The average molecular weight is 332 g/mol. The fraction of sp³-hybridized carbons (Fsp3) is 0.714. The van der Waals surface area contributed by atoms with Gasteiger partial charge in [0.1, 0.15) is 0 Å². The van der Waals surface area contributed by atoms with Crippen LogP contribution < -0.4 is 10.0 Å². The summed E-state index contributed by atoms with van der Waals surface area (Å²) in [5.74, 6) is 0. The van der Waals surface area contributed by atoms with Crippen molar-refractivity contribution >= 4 is 21.4 Å². The van der Waals surface area contributed by atoms with Crippen LogP contribution in [0.15, 0.2) is 11.0 Å². The van der Waals surface area contributed by atoms with Crippen molar-refractivity contribution < 1.29 is 8.42 Å². The first-order valence-electron chi connectivity index (χ1n) is 7.45. The van der Waals surface area contributed by atoms with Gasteiger partial charge in [-0.2, -0.15) is 0 Å². The van der Waals surface area contributed by atoms with E-state index < -0.39 is 10.0 Å². The monoisotopic (exact) mass is 331 g/mol. The summed E-state index contributed by atoms with van der Waals surface area (Å²) in [4.78, 5) is 4.67. The molecule has 0 aromatic carbocycles. The number of hydrogen-bond acceptors (Lipinski definition) is 5. The van der Waals surface area contributed by atoms with Crippen molar-refractivity contribution in [3.8, 4) is 0 Å². The van der Waals surface area contributed by atoms with E-state index in [0.29, 0.717) is 24.0 Å². The maximum atomic E-state index is 12.5. The summed E-state index contributed by atoms with van der Waals surface area (Å²) < 4.78 is 27.8. The summed E-state index contributed by atoms with van der Waals surface area (Å²) in [6, 6.07) is 2.12. The highest BCUT2D eigenvalue weighted by molar-refractivity contribution is 7.89. The molecule has 120 valence electrons. The molecule has 2 heterocycles. The Morgan fingerprint density at radius 2 is 2.24 bits per heavy atom. The Morgan fingerprint density at radius 3 is 2.90 bits per heavy atom. The van der Waals surface area contributed by atoms with E-state index in [1.807, 2.05) is 14.0 Å². The number of likely N-dealkylation sites (tertiary alicyclic amines) is 1. The molecule has 5 nitrogen and oxygen atoms in total. The van der Waals surface area contributed by atoms with Crippen LogP contribution in [0, 0.1) is 6.92 Å². The molecule has 1 aromatic rings. The third-order valence-corrected chi connectivity index (χ3v) is 6.71. The minimum absolute atomic E-state index is 0.334. The highest BCUT2D eigenvalue weighted by Crippen LogP contribution is 2.26. The SMILES string of the molecule is CCN1CCCC1CNS(=O)(=O)c1cc(CNC)sc1C. The molecule has 7 heteroatoms. The topological polar surface area (TPSA) is 61.4 Å². The van der Waals surface area contributed by atoms with Crippen LogP contribution in [0.1, 0.15) is 29.5 Å². The van der Waals surface area contributed by atoms with E-state index in [1.54, 1.807) is 6.07 Å². The molecule has 21 heavy (non-hydrogen) atoms. The van der Waals surface area contributed by atoms with Crippen molar-refractivity contribution in [1.29, 1.82) is 0 Å². The van der Waals surface area contributed by atoms with Crippen LogP contribution in [-0.4, -0.2) is 46.0 Å². The lowest BCUT2D eigenvalue weighted by molar-refractivity contribution is 0.268. The second-order valence-electron chi connectivity index (χ2n) is 5.44. The third-order valence-electron chi connectivity index (χ3n) is 3.98. The summed E-state index contributed by atoms with van der Waals surface area (Å²) in [5.41, 5.74) is 0. The second kappa shape index (κ2) is 7.19. The summed E-state index contributed by atoms with van der Waals surface area (Å²) in [6.07, 6.45) is 2.23. The number of thiophene rings is 1. The Hall–Kier alpha value is -0.470. The first kappa shape index (κ1) is 16.9. The maximum absolute atomic E-state index is 12.5. The molecule has 1 atom stereocenters. The minimum Gasteiger partial charge on any atom is -0.315 e. The Labute approximate surface area is 131 Å². The Kier molecular flexibility index (Phi) is 5.79. The summed E-state index contributed by atoms with van der Waals surface area (Å²) in [5, 5.41) is 3.05.